The molecule has 1 unspecified atom stereocenters. The lowest BCUT2D eigenvalue weighted by atomic mass is 9.95. The third kappa shape index (κ3) is 2.21. The summed E-state index contributed by atoms with van der Waals surface area (Å²) in [5, 5.41) is 10.9. The molecule has 0 aliphatic carbocycles. The van der Waals surface area contributed by atoms with Crippen LogP contribution in [0, 0.1) is 6.92 Å². The van der Waals surface area contributed by atoms with E-state index in [4.69, 9.17) is 4.42 Å². The fourth-order valence-electron chi connectivity index (χ4n) is 1.89. The molecule has 0 amide bonds. The third-order valence-electron chi connectivity index (χ3n) is 2.79. The van der Waals surface area contributed by atoms with Crippen molar-refractivity contribution in [3.05, 3.63) is 11.8 Å². The summed E-state index contributed by atoms with van der Waals surface area (Å²) in [6, 6.07) is -0.203. The van der Waals surface area contributed by atoms with Crippen molar-refractivity contribution in [2.24, 2.45) is 0 Å². The minimum Gasteiger partial charge on any atom is -0.468 e. The highest BCUT2D eigenvalue weighted by atomic mass is 16.5. The number of carbonyl (C=O) groups excluding carboxylic acids is 1. The summed E-state index contributed by atoms with van der Waals surface area (Å²) in [4.78, 5) is 11.3. The van der Waals surface area contributed by atoms with Crippen LogP contribution >= 0.6 is 0 Å². The van der Waals surface area contributed by atoms with Crippen LogP contribution in [0.15, 0.2) is 4.42 Å². The number of piperidine rings is 1. The minimum atomic E-state index is -0.208. The van der Waals surface area contributed by atoms with Crippen molar-refractivity contribution in [2.75, 3.05) is 13.7 Å². The number of aromatic nitrogens is 2. The number of aryl methyl sites for hydroxylation is 1. The van der Waals surface area contributed by atoms with Crippen molar-refractivity contribution in [3.63, 3.8) is 0 Å². The van der Waals surface area contributed by atoms with Gasteiger partial charge in [-0.05, 0) is 12.8 Å². The quantitative estimate of drug-likeness (QED) is 0.733. The Morgan fingerprint density at radius 1 is 1.50 bits per heavy atom. The third-order valence-corrected chi connectivity index (χ3v) is 2.79. The molecule has 2 rings (SSSR count). The van der Waals surface area contributed by atoms with Crippen molar-refractivity contribution >= 4 is 5.97 Å². The van der Waals surface area contributed by atoms with E-state index in [2.05, 4.69) is 20.3 Å². The molecule has 1 aromatic heterocycles. The Hall–Kier alpha value is -1.43. The molecule has 2 heterocycles. The number of nitrogens with zero attached hydrogens (tertiary/aromatic N) is 2. The van der Waals surface area contributed by atoms with Gasteiger partial charge in [0, 0.05) is 19.4 Å². The van der Waals surface area contributed by atoms with Crippen LogP contribution in [0.25, 0.3) is 0 Å². The van der Waals surface area contributed by atoms with Crippen LogP contribution in [0.3, 0.4) is 0 Å². The number of hydrogen-bond donors (Lipinski definition) is 1. The molecule has 0 radical (unpaired) electrons. The van der Waals surface area contributed by atoms with Crippen LogP contribution in [0.4, 0.5) is 0 Å². The van der Waals surface area contributed by atoms with E-state index in [1.54, 1.807) is 6.92 Å². The molecule has 1 N–H and O–H groups in total. The smallest absolute Gasteiger partial charge is 0.322 e. The van der Waals surface area contributed by atoms with Crippen molar-refractivity contribution in [3.8, 4) is 0 Å². The van der Waals surface area contributed by atoms with E-state index < -0.39 is 0 Å². The molecule has 1 aliphatic rings. The van der Waals surface area contributed by atoms with E-state index in [1.165, 1.54) is 7.11 Å². The Morgan fingerprint density at radius 3 is 2.81 bits per heavy atom. The Balaban J connectivity index is 1.92. The SMILES string of the molecule is COC(=O)[C@@H]1CCC(c2nnc(C)o2)CN1. The first kappa shape index (κ1) is 11.1. The summed E-state index contributed by atoms with van der Waals surface area (Å²) < 4.78 is 10.0. The van der Waals surface area contributed by atoms with Gasteiger partial charge < -0.3 is 14.5 Å². The number of methoxy groups -OCH3 is 1. The molecule has 6 heteroatoms. The molecule has 0 spiro atoms. The maximum atomic E-state index is 11.3. The van der Waals surface area contributed by atoms with Gasteiger partial charge in [-0.25, -0.2) is 0 Å². The van der Waals surface area contributed by atoms with Crippen LogP contribution < -0.4 is 5.32 Å². The highest BCUT2D eigenvalue weighted by Crippen LogP contribution is 2.24. The second-order valence-corrected chi connectivity index (χ2v) is 3.92. The Bertz CT molecular complexity index is 369. The molecule has 16 heavy (non-hydrogen) atoms. The fraction of sp³-hybridized carbons (Fsp3) is 0.700. The number of ether oxygens (including phenoxy) is 1. The standard InChI is InChI=1S/C10H15N3O3/c1-6-12-13-9(16-6)7-3-4-8(11-5-7)10(14)15-2/h7-8,11H,3-5H2,1-2H3/t7?,8-/m0/s1. The monoisotopic (exact) mass is 225 g/mol. The van der Waals surface area contributed by atoms with Crippen LogP contribution in [0.2, 0.25) is 0 Å². The lowest BCUT2D eigenvalue weighted by Crippen LogP contribution is -2.43. The summed E-state index contributed by atoms with van der Waals surface area (Å²) in [5.41, 5.74) is 0. The fourth-order valence-corrected chi connectivity index (χ4v) is 1.89. The zero-order valence-corrected chi connectivity index (χ0v) is 9.40. The molecule has 1 fully saturated rings. The van der Waals surface area contributed by atoms with Crippen molar-refractivity contribution < 1.29 is 13.9 Å². The number of carbonyl (C=O) groups is 1. The van der Waals surface area contributed by atoms with E-state index in [0.717, 1.165) is 12.8 Å². The van der Waals surface area contributed by atoms with E-state index in [9.17, 15) is 4.79 Å². The Labute approximate surface area is 93.4 Å². The molecule has 1 aliphatic heterocycles. The molecule has 88 valence electrons. The molecule has 1 aromatic rings. The van der Waals surface area contributed by atoms with Gasteiger partial charge in [0.15, 0.2) is 0 Å². The molecule has 1 saturated heterocycles. The van der Waals surface area contributed by atoms with Crippen LogP contribution in [0.1, 0.15) is 30.5 Å². The number of nitrogens with one attached hydrogen (secondary N) is 1. The first-order valence-electron chi connectivity index (χ1n) is 5.32. The predicted octanol–water partition coefficient (Wildman–Crippen LogP) is 0.387. The van der Waals surface area contributed by atoms with Crippen molar-refractivity contribution in [1.82, 2.24) is 15.5 Å². The van der Waals surface area contributed by atoms with Crippen LogP contribution in [-0.2, 0) is 9.53 Å². The lowest BCUT2D eigenvalue weighted by Gasteiger charge is -2.25. The maximum absolute atomic E-state index is 11.3. The second-order valence-electron chi connectivity index (χ2n) is 3.92. The zero-order chi connectivity index (χ0) is 11.5. The molecule has 2 atom stereocenters. The van der Waals surface area contributed by atoms with Gasteiger partial charge in [0.2, 0.25) is 11.8 Å². The summed E-state index contributed by atoms with van der Waals surface area (Å²) in [7, 11) is 1.40. The van der Waals surface area contributed by atoms with Gasteiger partial charge in [0.05, 0.1) is 7.11 Å². The van der Waals surface area contributed by atoms with E-state index in [-0.39, 0.29) is 17.9 Å². The molecule has 0 aromatic carbocycles. The topological polar surface area (TPSA) is 77.2 Å². The molecule has 0 saturated carbocycles. The average molecular weight is 225 g/mol. The summed E-state index contributed by atoms with van der Waals surface area (Å²) in [5.74, 6) is 1.21. The van der Waals surface area contributed by atoms with Crippen LogP contribution in [0.5, 0.6) is 0 Å². The number of rotatable bonds is 2. The highest BCUT2D eigenvalue weighted by molar-refractivity contribution is 5.75. The Kier molecular flexibility index (Phi) is 3.19. The van der Waals surface area contributed by atoms with E-state index >= 15 is 0 Å². The average Bonchev–Trinajstić information content (AvgIpc) is 2.75. The molecule has 0 bridgehead atoms. The van der Waals surface area contributed by atoms with Gasteiger partial charge in [-0.2, -0.15) is 0 Å². The summed E-state index contributed by atoms with van der Waals surface area (Å²) >= 11 is 0. The molecule has 6 nitrogen and oxygen atoms in total. The summed E-state index contributed by atoms with van der Waals surface area (Å²) in [6.07, 6.45) is 1.59. The van der Waals surface area contributed by atoms with Crippen molar-refractivity contribution in [1.29, 1.82) is 0 Å². The molecular formula is C10H15N3O3. The minimum absolute atomic E-state index is 0.196. The number of hydrogen-bond acceptors (Lipinski definition) is 6. The van der Waals surface area contributed by atoms with E-state index in [1.807, 2.05) is 0 Å². The highest BCUT2D eigenvalue weighted by Gasteiger charge is 2.29. The zero-order valence-electron chi connectivity index (χ0n) is 9.40. The van der Waals surface area contributed by atoms with Gasteiger partial charge in [-0.3, -0.25) is 4.79 Å². The summed E-state index contributed by atoms with van der Waals surface area (Å²) in [6.45, 7) is 2.44. The van der Waals surface area contributed by atoms with E-state index in [0.29, 0.717) is 18.3 Å². The largest absolute Gasteiger partial charge is 0.468 e. The van der Waals surface area contributed by atoms with Gasteiger partial charge >= 0.3 is 5.97 Å². The van der Waals surface area contributed by atoms with Crippen molar-refractivity contribution in [2.45, 2.75) is 31.7 Å². The van der Waals surface area contributed by atoms with Gasteiger partial charge in [-0.1, -0.05) is 0 Å². The van der Waals surface area contributed by atoms with Gasteiger partial charge in [-0.15, -0.1) is 10.2 Å². The lowest BCUT2D eigenvalue weighted by molar-refractivity contribution is -0.143. The number of esters is 1. The predicted molar refractivity (Wildman–Crippen MR) is 54.8 cm³/mol. The first-order chi connectivity index (χ1) is 7.70. The van der Waals surface area contributed by atoms with Gasteiger partial charge in [0.25, 0.3) is 0 Å². The first-order valence-corrected chi connectivity index (χ1v) is 5.32. The second kappa shape index (κ2) is 4.61. The normalized spacial score (nSPS) is 25.4. The maximum Gasteiger partial charge on any atom is 0.322 e. The van der Waals surface area contributed by atoms with Gasteiger partial charge in [0.1, 0.15) is 6.04 Å². The Morgan fingerprint density at radius 2 is 2.31 bits per heavy atom. The van der Waals surface area contributed by atoms with Crippen LogP contribution in [-0.4, -0.2) is 35.9 Å². The molecular weight excluding hydrogens is 210 g/mol.